The minimum Gasteiger partial charge on any atom is -0.491 e. The van der Waals surface area contributed by atoms with Gasteiger partial charge in [-0.2, -0.15) is 0 Å². The van der Waals surface area contributed by atoms with Gasteiger partial charge in [-0.1, -0.05) is 17.3 Å². The zero-order chi connectivity index (χ0) is 24.2. The maximum Gasteiger partial charge on any atom is 0.134 e. The second kappa shape index (κ2) is 11.0. The summed E-state index contributed by atoms with van der Waals surface area (Å²) in [6.07, 6.45) is 1.20. The summed E-state index contributed by atoms with van der Waals surface area (Å²) < 4.78 is 20.1. The number of aromatic nitrogens is 1. The van der Waals surface area contributed by atoms with E-state index >= 15 is 0 Å². The quantitative estimate of drug-likeness (QED) is 0.485. The number of nitrogens with zero attached hydrogens (tertiary/aromatic N) is 4. The lowest BCUT2D eigenvalue weighted by Gasteiger charge is -2.35. The van der Waals surface area contributed by atoms with Crippen LogP contribution in [-0.4, -0.2) is 83.7 Å². The van der Waals surface area contributed by atoms with E-state index in [4.69, 9.17) is 9.57 Å². The SMILES string of the molecule is Cc1nc2cc(OC[C@@H](O)CN3CCN(CC[C@@H]4CC(c5ccc(F)cc5)=NO4)CC3)ccc2s1. The molecule has 2 atom stereocenters. The van der Waals surface area contributed by atoms with Crippen LogP contribution in [0.15, 0.2) is 47.6 Å². The number of benzene rings is 2. The second-order valence-corrected chi connectivity index (χ2v) is 10.5. The predicted molar refractivity (Wildman–Crippen MR) is 136 cm³/mol. The van der Waals surface area contributed by atoms with Crippen LogP contribution in [0.3, 0.4) is 0 Å². The molecule has 1 N–H and O–H groups in total. The first-order chi connectivity index (χ1) is 17.0. The molecule has 0 saturated carbocycles. The molecule has 9 heteroatoms. The molecule has 7 nitrogen and oxygen atoms in total. The lowest BCUT2D eigenvalue weighted by atomic mass is 10.0. The molecule has 186 valence electrons. The number of aryl methyl sites for hydroxylation is 1. The summed E-state index contributed by atoms with van der Waals surface area (Å²) in [5, 5.41) is 15.7. The van der Waals surface area contributed by atoms with Gasteiger partial charge in [-0.25, -0.2) is 9.37 Å². The van der Waals surface area contributed by atoms with Crippen LogP contribution < -0.4 is 4.74 Å². The summed E-state index contributed by atoms with van der Waals surface area (Å²) in [4.78, 5) is 14.8. The van der Waals surface area contributed by atoms with Crippen molar-refractivity contribution in [2.75, 3.05) is 45.9 Å². The van der Waals surface area contributed by atoms with Gasteiger partial charge in [0.25, 0.3) is 0 Å². The highest BCUT2D eigenvalue weighted by atomic mass is 32.1. The van der Waals surface area contributed by atoms with Crippen LogP contribution in [0.2, 0.25) is 0 Å². The van der Waals surface area contributed by atoms with Gasteiger partial charge in [0.05, 0.1) is 20.9 Å². The molecule has 35 heavy (non-hydrogen) atoms. The van der Waals surface area contributed by atoms with Crippen molar-refractivity contribution in [2.24, 2.45) is 5.16 Å². The van der Waals surface area contributed by atoms with E-state index in [1.54, 1.807) is 23.5 Å². The highest BCUT2D eigenvalue weighted by molar-refractivity contribution is 7.18. The van der Waals surface area contributed by atoms with Gasteiger partial charge in [0.15, 0.2) is 0 Å². The predicted octanol–water partition coefficient (Wildman–Crippen LogP) is 3.68. The van der Waals surface area contributed by atoms with Crippen LogP contribution in [-0.2, 0) is 4.84 Å². The molecule has 0 amide bonds. The largest absolute Gasteiger partial charge is 0.491 e. The van der Waals surface area contributed by atoms with Gasteiger partial charge >= 0.3 is 0 Å². The van der Waals surface area contributed by atoms with Crippen molar-refractivity contribution < 1.29 is 19.1 Å². The first kappa shape index (κ1) is 24.1. The monoisotopic (exact) mass is 498 g/mol. The zero-order valence-corrected chi connectivity index (χ0v) is 20.7. The Labute approximate surface area is 208 Å². The molecular formula is C26H31FN4O3S. The number of hydrogen-bond acceptors (Lipinski definition) is 8. The molecule has 0 radical (unpaired) electrons. The Bertz CT molecular complexity index is 1160. The summed E-state index contributed by atoms with van der Waals surface area (Å²) in [5.74, 6) is 0.500. The minimum atomic E-state index is -0.539. The first-order valence-electron chi connectivity index (χ1n) is 12.1. The maximum atomic E-state index is 13.1. The fourth-order valence-electron chi connectivity index (χ4n) is 4.57. The van der Waals surface area contributed by atoms with Gasteiger partial charge in [-0.15, -0.1) is 11.3 Å². The average Bonchev–Trinajstić information content (AvgIpc) is 3.48. The van der Waals surface area contributed by atoms with E-state index in [1.807, 2.05) is 25.1 Å². The van der Waals surface area contributed by atoms with Gasteiger partial charge in [-0.3, -0.25) is 4.90 Å². The van der Waals surface area contributed by atoms with Gasteiger partial charge < -0.3 is 19.6 Å². The van der Waals surface area contributed by atoms with Crippen LogP contribution in [0.1, 0.15) is 23.4 Å². The molecule has 0 aliphatic carbocycles. The topological polar surface area (TPSA) is 70.4 Å². The molecular weight excluding hydrogens is 467 g/mol. The van der Waals surface area contributed by atoms with Gasteiger partial charge in [0, 0.05) is 58.2 Å². The Balaban J connectivity index is 0.984. The van der Waals surface area contributed by atoms with E-state index < -0.39 is 6.10 Å². The summed E-state index contributed by atoms with van der Waals surface area (Å²) in [6, 6.07) is 12.3. The van der Waals surface area contributed by atoms with E-state index in [9.17, 15) is 9.50 Å². The number of ether oxygens (including phenoxy) is 1. The normalized spacial score (nSPS) is 20.1. The van der Waals surface area contributed by atoms with Crippen LogP contribution in [0.5, 0.6) is 5.75 Å². The Morgan fingerprint density at radius 1 is 1.14 bits per heavy atom. The third-order valence-corrected chi connectivity index (χ3v) is 7.47. The molecule has 3 aromatic rings. The highest BCUT2D eigenvalue weighted by Gasteiger charge is 2.25. The number of piperazine rings is 1. The molecule has 1 saturated heterocycles. The summed E-state index contributed by atoms with van der Waals surface area (Å²) in [5.41, 5.74) is 2.75. The van der Waals surface area contributed by atoms with Crippen molar-refractivity contribution in [3.8, 4) is 5.75 Å². The van der Waals surface area contributed by atoms with Crippen molar-refractivity contribution in [1.29, 1.82) is 0 Å². The van der Waals surface area contributed by atoms with E-state index in [1.165, 1.54) is 12.1 Å². The van der Waals surface area contributed by atoms with Crippen LogP contribution in [0, 0.1) is 12.7 Å². The highest BCUT2D eigenvalue weighted by Crippen LogP contribution is 2.25. The maximum absolute atomic E-state index is 13.1. The fourth-order valence-corrected chi connectivity index (χ4v) is 5.38. The molecule has 0 unspecified atom stereocenters. The Kier molecular flexibility index (Phi) is 7.57. The number of β-amino-alcohol motifs (C(OH)–C–C–N with tert-alkyl or cyclic N) is 1. The molecule has 0 spiro atoms. The van der Waals surface area contributed by atoms with Crippen molar-refractivity contribution in [2.45, 2.75) is 32.0 Å². The van der Waals surface area contributed by atoms with Crippen molar-refractivity contribution in [3.63, 3.8) is 0 Å². The summed E-state index contributed by atoms with van der Waals surface area (Å²) >= 11 is 1.67. The Morgan fingerprint density at radius 2 is 1.91 bits per heavy atom. The third kappa shape index (κ3) is 6.35. The fraction of sp³-hybridized carbons (Fsp3) is 0.462. The molecule has 3 heterocycles. The number of halogens is 1. The summed E-state index contributed by atoms with van der Waals surface area (Å²) in [7, 11) is 0. The lowest BCUT2D eigenvalue weighted by molar-refractivity contribution is 0.0366. The molecule has 2 aromatic carbocycles. The summed E-state index contributed by atoms with van der Waals surface area (Å²) in [6.45, 7) is 7.59. The number of hydrogen-bond donors (Lipinski definition) is 1. The number of thiazole rings is 1. The van der Waals surface area contributed by atoms with Gasteiger partial charge in [0.1, 0.15) is 30.4 Å². The minimum absolute atomic E-state index is 0.0690. The first-order valence-corrected chi connectivity index (χ1v) is 12.9. The molecule has 1 fully saturated rings. The van der Waals surface area contributed by atoms with E-state index in [-0.39, 0.29) is 18.5 Å². The van der Waals surface area contributed by atoms with Crippen molar-refractivity contribution in [3.05, 3.63) is 58.9 Å². The third-order valence-electron chi connectivity index (χ3n) is 6.52. The van der Waals surface area contributed by atoms with E-state index in [2.05, 4.69) is 19.9 Å². The van der Waals surface area contributed by atoms with Crippen LogP contribution in [0.4, 0.5) is 4.39 Å². The molecule has 5 rings (SSSR count). The number of rotatable bonds is 9. The second-order valence-electron chi connectivity index (χ2n) is 9.23. The van der Waals surface area contributed by atoms with Gasteiger partial charge in [0.2, 0.25) is 0 Å². The molecule has 0 bridgehead atoms. The van der Waals surface area contributed by atoms with E-state index in [0.717, 1.165) is 77.8 Å². The van der Waals surface area contributed by atoms with Gasteiger partial charge in [-0.05, 0) is 36.8 Å². The molecule has 2 aliphatic rings. The van der Waals surface area contributed by atoms with Crippen LogP contribution in [0.25, 0.3) is 10.2 Å². The molecule has 1 aromatic heterocycles. The van der Waals surface area contributed by atoms with Crippen molar-refractivity contribution >= 4 is 27.3 Å². The van der Waals surface area contributed by atoms with Crippen molar-refractivity contribution in [1.82, 2.24) is 14.8 Å². The average molecular weight is 499 g/mol. The standard InChI is InChI=1S/C26H31FN4O3S/c1-18-28-25-14-22(6-7-26(25)35-18)33-17-21(32)16-31-12-10-30(11-13-31)9-8-23-15-24(29-34-23)19-2-4-20(27)5-3-19/h2-7,14,21,23,32H,8-13,15-17H2,1H3/t21-,23+/m0/s1. The van der Waals surface area contributed by atoms with E-state index in [0.29, 0.717) is 6.54 Å². The zero-order valence-electron chi connectivity index (χ0n) is 19.9. The number of aliphatic hydroxyl groups is 1. The Morgan fingerprint density at radius 3 is 2.71 bits per heavy atom. The Hall–Kier alpha value is -2.59. The number of aliphatic hydroxyl groups excluding tert-OH is 1. The number of fused-ring (bicyclic) bond motifs is 1. The lowest BCUT2D eigenvalue weighted by Crippen LogP contribution is -2.49. The number of oxime groups is 1. The van der Waals surface area contributed by atoms with Crippen LogP contribution >= 0.6 is 11.3 Å². The molecule has 2 aliphatic heterocycles. The smallest absolute Gasteiger partial charge is 0.134 e.